The van der Waals surface area contributed by atoms with Crippen molar-refractivity contribution in [3.05, 3.63) is 54.1 Å². The lowest BCUT2D eigenvalue weighted by Crippen LogP contribution is -2.59. The van der Waals surface area contributed by atoms with Gasteiger partial charge < -0.3 is 30.8 Å². The number of aliphatic hydroxyl groups excluding tert-OH is 1. The van der Waals surface area contributed by atoms with Gasteiger partial charge in [-0.1, -0.05) is 65.0 Å². The molecule has 14 nitrogen and oxygen atoms in total. The fourth-order valence-electron chi connectivity index (χ4n) is 4.98. The number of aromatic nitrogens is 2. The van der Waals surface area contributed by atoms with E-state index < -0.39 is 45.6 Å². The second kappa shape index (κ2) is 16.2. The van der Waals surface area contributed by atoms with Crippen LogP contribution in [0.5, 0.6) is 0 Å². The van der Waals surface area contributed by atoms with Crippen LogP contribution in [0.4, 0.5) is 10.7 Å². The molecule has 0 aliphatic heterocycles. The third-order valence-corrected chi connectivity index (χ3v) is 9.15. The maximum Gasteiger partial charge on any atom is 0.413 e. The molecule has 15 heteroatoms. The number of aromatic amines is 1. The van der Waals surface area contributed by atoms with Crippen LogP contribution in [-0.2, 0) is 30.8 Å². The summed E-state index contributed by atoms with van der Waals surface area (Å²) in [5.74, 6) is -0.870. The number of ether oxygens (including phenoxy) is 1. The first-order valence-corrected chi connectivity index (χ1v) is 16.8. The van der Waals surface area contributed by atoms with Crippen LogP contribution in [0.1, 0.15) is 40.2 Å². The first-order chi connectivity index (χ1) is 22.0. The summed E-state index contributed by atoms with van der Waals surface area (Å²) in [7, 11) is -1.32. The number of hydrogen-bond donors (Lipinski definition) is 6. The number of fused-ring (bicyclic) bond motifs is 1. The number of benzene rings is 2. The van der Waals surface area contributed by atoms with Gasteiger partial charge in [0.1, 0.15) is 6.04 Å². The van der Waals surface area contributed by atoms with E-state index >= 15 is 0 Å². The minimum atomic E-state index is -4.16. The van der Waals surface area contributed by atoms with Crippen LogP contribution in [0, 0.1) is 11.3 Å². The number of sulfonamides is 1. The van der Waals surface area contributed by atoms with E-state index in [4.69, 9.17) is 0 Å². The molecule has 1 aromatic heterocycles. The normalized spacial score (nSPS) is 14.1. The maximum atomic E-state index is 14.1. The minimum Gasteiger partial charge on any atom is -0.453 e. The largest absolute Gasteiger partial charge is 0.453 e. The van der Waals surface area contributed by atoms with E-state index in [9.17, 15) is 27.9 Å². The molecule has 0 aliphatic carbocycles. The van der Waals surface area contributed by atoms with Crippen molar-refractivity contribution in [3.8, 4) is 0 Å². The van der Waals surface area contributed by atoms with Crippen LogP contribution in [0.2, 0.25) is 0 Å². The topological polar surface area (TPSA) is 195 Å². The van der Waals surface area contributed by atoms with Crippen LogP contribution in [-0.4, -0.2) is 97.7 Å². The van der Waals surface area contributed by atoms with Crippen LogP contribution >= 0.6 is 0 Å². The molecule has 0 fully saturated rings. The fourth-order valence-corrected chi connectivity index (χ4v) is 6.63. The van der Waals surface area contributed by atoms with E-state index in [2.05, 4.69) is 36.0 Å². The summed E-state index contributed by atoms with van der Waals surface area (Å²) in [6.45, 7) is 8.98. The summed E-state index contributed by atoms with van der Waals surface area (Å²) in [4.78, 5) is 44.8. The van der Waals surface area contributed by atoms with Gasteiger partial charge in [-0.15, -0.1) is 0 Å². The SMILES string of the molecule is CNCC(=O)N[C@H](C(=O)N[C@@H](Cc1ccccc1)[C@H](O)CN(CC(C)C)S(=O)(=O)c1ccc2nc(NC(=O)OC)[nH]c2c1)C(C)(C)C. The monoisotopic (exact) mass is 673 g/mol. The standard InChI is InChI=1S/C32H47N7O7S/c1-20(2)18-39(47(44,45)22-13-14-23-24(16-22)36-30(35-23)38-31(43)46-7)19-26(40)25(15-21-11-9-8-10-12-21)34-29(42)28(32(3,4)5)37-27(41)17-33-6/h8-14,16,20,25-26,28,33,40H,15,17-19H2,1-7H3,(H,34,42)(H,37,41)(H2,35,36,38,43)/t25-,26+,28+/m0/s1. The van der Waals surface area contributed by atoms with E-state index in [1.165, 1.54) is 29.6 Å². The molecule has 47 heavy (non-hydrogen) atoms. The zero-order chi connectivity index (χ0) is 34.9. The van der Waals surface area contributed by atoms with Crippen LogP contribution in [0.3, 0.4) is 0 Å². The Hall–Kier alpha value is -4.05. The Morgan fingerprint density at radius 1 is 1.04 bits per heavy atom. The minimum absolute atomic E-state index is 0.0192. The number of carbonyl (C=O) groups excluding carboxylic acids is 3. The molecular weight excluding hydrogens is 626 g/mol. The molecule has 2 aromatic carbocycles. The van der Waals surface area contributed by atoms with Crippen molar-refractivity contribution in [2.45, 2.75) is 64.1 Å². The molecule has 6 N–H and O–H groups in total. The molecular formula is C32H47N7O7S. The highest BCUT2D eigenvalue weighted by Crippen LogP contribution is 2.24. The van der Waals surface area contributed by atoms with Gasteiger partial charge in [0.05, 0.1) is 41.7 Å². The molecule has 0 radical (unpaired) electrons. The highest BCUT2D eigenvalue weighted by molar-refractivity contribution is 7.89. The van der Waals surface area contributed by atoms with Crippen molar-refractivity contribution in [2.24, 2.45) is 11.3 Å². The molecule has 0 bridgehead atoms. The van der Waals surface area contributed by atoms with E-state index in [1.54, 1.807) is 7.05 Å². The molecule has 0 unspecified atom stereocenters. The van der Waals surface area contributed by atoms with Gasteiger partial charge in [-0.05, 0) is 48.6 Å². The number of hydrogen-bond acceptors (Lipinski definition) is 9. The van der Waals surface area contributed by atoms with Crippen molar-refractivity contribution in [1.29, 1.82) is 0 Å². The number of nitrogens with zero attached hydrogens (tertiary/aromatic N) is 2. The predicted octanol–water partition coefficient (Wildman–Crippen LogP) is 2.23. The summed E-state index contributed by atoms with van der Waals surface area (Å²) in [6.07, 6.45) is -1.85. The van der Waals surface area contributed by atoms with E-state index in [1.807, 2.05) is 65.0 Å². The number of aliphatic hydroxyl groups is 1. The molecule has 3 rings (SSSR count). The third-order valence-electron chi connectivity index (χ3n) is 7.32. The lowest BCUT2D eigenvalue weighted by atomic mass is 9.85. The molecule has 1 heterocycles. The first kappa shape index (κ1) is 37.4. The number of carbonyl (C=O) groups is 3. The average Bonchev–Trinajstić information content (AvgIpc) is 3.40. The lowest BCUT2D eigenvalue weighted by molar-refractivity contribution is -0.132. The summed E-state index contributed by atoms with van der Waals surface area (Å²) < 4.78 is 33.9. The molecule has 258 valence electrons. The Morgan fingerprint density at radius 2 is 1.72 bits per heavy atom. The molecule has 0 saturated heterocycles. The van der Waals surface area contributed by atoms with Crippen molar-refractivity contribution in [2.75, 3.05) is 39.1 Å². The zero-order valence-corrected chi connectivity index (χ0v) is 28.8. The van der Waals surface area contributed by atoms with Gasteiger partial charge in [-0.25, -0.2) is 18.2 Å². The number of methoxy groups -OCH3 is 1. The summed E-state index contributed by atoms with van der Waals surface area (Å²) in [5, 5.41) is 22.5. The number of imidazole rings is 1. The third kappa shape index (κ3) is 10.5. The highest BCUT2D eigenvalue weighted by atomic mass is 32.2. The van der Waals surface area contributed by atoms with E-state index in [-0.39, 0.29) is 48.7 Å². The predicted molar refractivity (Wildman–Crippen MR) is 179 cm³/mol. The van der Waals surface area contributed by atoms with Gasteiger partial charge in [0.15, 0.2) is 0 Å². The number of anilines is 1. The van der Waals surface area contributed by atoms with Crippen LogP contribution in [0.25, 0.3) is 11.0 Å². The molecule has 0 spiro atoms. The number of likely N-dealkylation sites (N-methyl/N-ethyl adjacent to an activating group) is 1. The van der Waals surface area contributed by atoms with E-state index in [0.717, 1.165) is 5.56 Å². The summed E-state index contributed by atoms with van der Waals surface area (Å²) in [6, 6.07) is 11.7. The van der Waals surface area contributed by atoms with E-state index in [0.29, 0.717) is 11.0 Å². The highest BCUT2D eigenvalue weighted by Gasteiger charge is 2.36. The van der Waals surface area contributed by atoms with Gasteiger partial charge in [0.2, 0.25) is 27.8 Å². The Bertz CT molecular complexity index is 1620. The Labute approximate surface area is 276 Å². The van der Waals surface area contributed by atoms with Gasteiger partial charge in [0.25, 0.3) is 0 Å². The second-order valence-electron chi connectivity index (χ2n) is 12.9. The average molecular weight is 674 g/mol. The molecule has 0 aliphatic rings. The molecule has 3 amide bonds. The number of nitrogens with one attached hydrogen (secondary N) is 5. The molecule has 3 aromatic rings. The van der Waals surface area contributed by atoms with Gasteiger partial charge in [0, 0.05) is 13.1 Å². The number of amides is 3. The fraction of sp³-hybridized carbons (Fsp3) is 0.500. The van der Waals surface area contributed by atoms with Crippen molar-refractivity contribution in [1.82, 2.24) is 30.2 Å². The first-order valence-electron chi connectivity index (χ1n) is 15.4. The number of H-pyrrole nitrogens is 1. The number of rotatable bonds is 15. The quantitative estimate of drug-likeness (QED) is 0.140. The van der Waals surface area contributed by atoms with Crippen molar-refractivity contribution < 1.29 is 32.6 Å². The molecule has 0 saturated carbocycles. The molecule has 3 atom stereocenters. The smallest absolute Gasteiger partial charge is 0.413 e. The Morgan fingerprint density at radius 3 is 2.32 bits per heavy atom. The van der Waals surface area contributed by atoms with Crippen molar-refractivity contribution >= 4 is 44.9 Å². The lowest BCUT2D eigenvalue weighted by Gasteiger charge is -2.34. The van der Waals surface area contributed by atoms with Crippen molar-refractivity contribution in [3.63, 3.8) is 0 Å². The Kier molecular flexibility index (Phi) is 12.9. The zero-order valence-electron chi connectivity index (χ0n) is 28.0. The van der Waals surface area contributed by atoms with Crippen LogP contribution < -0.4 is 21.3 Å². The Balaban J connectivity index is 1.94. The van der Waals surface area contributed by atoms with Gasteiger partial charge in [-0.3, -0.25) is 14.9 Å². The second-order valence-corrected chi connectivity index (χ2v) is 14.8. The summed E-state index contributed by atoms with van der Waals surface area (Å²) in [5.41, 5.74) is 0.944. The van der Waals surface area contributed by atoms with Crippen LogP contribution in [0.15, 0.2) is 53.4 Å². The summed E-state index contributed by atoms with van der Waals surface area (Å²) >= 11 is 0. The van der Waals surface area contributed by atoms with Gasteiger partial charge in [-0.2, -0.15) is 4.31 Å². The maximum absolute atomic E-state index is 14.1. The van der Waals surface area contributed by atoms with Gasteiger partial charge >= 0.3 is 6.09 Å².